The summed E-state index contributed by atoms with van der Waals surface area (Å²) in [6.07, 6.45) is 4.69. The summed E-state index contributed by atoms with van der Waals surface area (Å²) in [6, 6.07) is 10.1. The highest BCUT2D eigenvalue weighted by atomic mass is 16.5. The summed E-state index contributed by atoms with van der Waals surface area (Å²) < 4.78 is 7.39. The van der Waals surface area contributed by atoms with E-state index in [0.29, 0.717) is 6.54 Å². The maximum absolute atomic E-state index is 6.41. The third-order valence-corrected chi connectivity index (χ3v) is 5.30. The first-order valence-electron chi connectivity index (χ1n) is 9.93. The zero-order chi connectivity index (χ0) is 19.3. The molecule has 0 saturated carbocycles. The number of pyridine rings is 1. The number of hydrogen-bond donors (Lipinski definition) is 2. The number of ether oxygens (including phenoxy) is 1. The minimum absolute atomic E-state index is 0.104. The summed E-state index contributed by atoms with van der Waals surface area (Å²) in [7, 11) is 0. The molecule has 1 unspecified atom stereocenters. The van der Waals surface area contributed by atoms with E-state index in [1.807, 2.05) is 29.1 Å². The molecule has 28 heavy (non-hydrogen) atoms. The molecule has 1 fully saturated rings. The Hall–Kier alpha value is -2.32. The van der Waals surface area contributed by atoms with Gasteiger partial charge in [-0.25, -0.2) is 4.98 Å². The second-order valence-electron chi connectivity index (χ2n) is 7.24. The summed E-state index contributed by atoms with van der Waals surface area (Å²) in [5.41, 5.74) is 16.1. The van der Waals surface area contributed by atoms with Crippen molar-refractivity contribution in [2.75, 3.05) is 39.4 Å². The molecule has 1 aliphatic heterocycles. The van der Waals surface area contributed by atoms with Crippen molar-refractivity contribution in [1.29, 1.82) is 0 Å². The Labute approximate surface area is 165 Å². The van der Waals surface area contributed by atoms with Crippen molar-refractivity contribution in [1.82, 2.24) is 19.7 Å². The fourth-order valence-electron chi connectivity index (χ4n) is 3.68. The van der Waals surface area contributed by atoms with Crippen LogP contribution in [0.1, 0.15) is 18.0 Å². The standard InChI is InChI=1S/C21H28N6O/c22-6-5-19(23)18-13-21(25-20-4-2-1-3-17(18)20)16-14-24-27(15-16)8-7-26-9-11-28-12-10-26/h1-4,13-15,19H,5-12,22-23H2. The molecule has 3 heterocycles. The van der Waals surface area contributed by atoms with Crippen LogP contribution < -0.4 is 11.5 Å². The largest absolute Gasteiger partial charge is 0.379 e. The molecule has 2 aromatic heterocycles. The van der Waals surface area contributed by atoms with Gasteiger partial charge in [0.1, 0.15) is 0 Å². The normalized spacial score (nSPS) is 16.5. The van der Waals surface area contributed by atoms with Crippen molar-refractivity contribution in [2.45, 2.75) is 19.0 Å². The Bertz CT molecular complexity index is 918. The lowest BCUT2D eigenvalue weighted by atomic mass is 9.98. The Morgan fingerprint density at radius 2 is 1.96 bits per heavy atom. The average molecular weight is 380 g/mol. The second-order valence-corrected chi connectivity index (χ2v) is 7.24. The first-order valence-corrected chi connectivity index (χ1v) is 9.93. The van der Waals surface area contributed by atoms with Gasteiger partial charge in [-0.2, -0.15) is 5.10 Å². The molecule has 1 saturated heterocycles. The molecule has 4 N–H and O–H groups in total. The Kier molecular flexibility index (Phi) is 5.97. The second kappa shape index (κ2) is 8.79. The van der Waals surface area contributed by atoms with Crippen molar-refractivity contribution >= 4 is 10.9 Å². The van der Waals surface area contributed by atoms with E-state index in [1.165, 1.54) is 0 Å². The van der Waals surface area contributed by atoms with Gasteiger partial charge >= 0.3 is 0 Å². The lowest BCUT2D eigenvalue weighted by Crippen LogP contribution is -2.38. The third-order valence-electron chi connectivity index (χ3n) is 5.30. The lowest BCUT2D eigenvalue weighted by Gasteiger charge is -2.26. The van der Waals surface area contributed by atoms with Crippen molar-refractivity contribution in [3.8, 4) is 11.3 Å². The Morgan fingerprint density at radius 1 is 1.14 bits per heavy atom. The van der Waals surface area contributed by atoms with Gasteiger partial charge in [-0.3, -0.25) is 9.58 Å². The van der Waals surface area contributed by atoms with Crippen LogP contribution in [0.15, 0.2) is 42.7 Å². The zero-order valence-electron chi connectivity index (χ0n) is 16.1. The maximum Gasteiger partial charge on any atom is 0.0744 e. The van der Waals surface area contributed by atoms with Gasteiger partial charge in [0.2, 0.25) is 0 Å². The molecule has 0 spiro atoms. The summed E-state index contributed by atoms with van der Waals surface area (Å²) in [5, 5.41) is 5.63. The van der Waals surface area contributed by atoms with Gasteiger partial charge in [-0.1, -0.05) is 18.2 Å². The van der Waals surface area contributed by atoms with Gasteiger partial charge in [0.25, 0.3) is 0 Å². The predicted molar refractivity (Wildman–Crippen MR) is 111 cm³/mol. The number of aromatic nitrogens is 3. The third kappa shape index (κ3) is 4.23. The highest BCUT2D eigenvalue weighted by molar-refractivity contribution is 5.85. The summed E-state index contributed by atoms with van der Waals surface area (Å²) >= 11 is 0. The molecule has 7 nitrogen and oxygen atoms in total. The first kappa shape index (κ1) is 19.0. The Morgan fingerprint density at radius 3 is 2.79 bits per heavy atom. The summed E-state index contributed by atoms with van der Waals surface area (Å²) in [5.74, 6) is 0. The van der Waals surface area contributed by atoms with Gasteiger partial charge < -0.3 is 16.2 Å². The van der Waals surface area contributed by atoms with Crippen LogP contribution in [0, 0.1) is 0 Å². The molecule has 1 aliphatic rings. The van der Waals surface area contributed by atoms with E-state index in [2.05, 4.69) is 28.3 Å². The topological polar surface area (TPSA) is 95.2 Å². The smallest absolute Gasteiger partial charge is 0.0744 e. The molecule has 4 rings (SSSR count). The van der Waals surface area contributed by atoms with Gasteiger partial charge in [-0.15, -0.1) is 0 Å². The van der Waals surface area contributed by atoms with Crippen molar-refractivity contribution in [3.63, 3.8) is 0 Å². The zero-order valence-corrected chi connectivity index (χ0v) is 16.1. The molecular weight excluding hydrogens is 352 g/mol. The van der Waals surface area contributed by atoms with E-state index >= 15 is 0 Å². The van der Waals surface area contributed by atoms with E-state index in [9.17, 15) is 0 Å². The summed E-state index contributed by atoms with van der Waals surface area (Å²) in [6.45, 7) is 6.00. The predicted octanol–water partition coefficient (Wildman–Crippen LogP) is 1.78. The van der Waals surface area contributed by atoms with Crippen molar-refractivity contribution in [3.05, 3.63) is 48.3 Å². The van der Waals surface area contributed by atoms with Gasteiger partial charge in [0.15, 0.2) is 0 Å². The van der Waals surface area contributed by atoms with Crippen LogP contribution in [0.25, 0.3) is 22.2 Å². The molecule has 1 atom stereocenters. The van der Waals surface area contributed by atoms with E-state index in [1.54, 1.807) is 0 Å². The minimum Gasteiger partial charge on any atom is -0.379 e. The van der Waals surface area contributed by atoms with Crippen LogP contribution in [-0.2, 0) is 11.3 Å². The molecule has 148 valence electrons. The van der Waals surface area contributed by atoms with Crippen molar-refractivity contribution in [2.24, 2.45) is 11.5 Å². The molecule has 0 bridgehead atoms. The number of nitrogens with two attached hydrogens (primary N) is 2. The van der Waals surface area contributed by atoms with Gasteiger partial charge in [-0.05, 0) is 30.7 Å². The lowest BCUT2D eigenvalue weighted by molar-refractivity contribution is 0.0360. The van der Waals surface area contributed by atoms with E-state index in [-0.39, 0.29) is 6.04 Å². The van der Waals surface area contributed by atoms with E-state index in [4.69, 9.17) is 21.2 Å². The Balaban J connectivity index is 1.57. The number of nitrogens with zero attached hydrogens (tertiary/aromatic N) is 4. The fourth-order valence-corrected chi connectivity index (χ4v) is 3.68. The maximum atomic E-state index is 6.41. The average Bonchev–Trinajstić information content (AvgIpc) is 3.21. The number of fused-ring (bicyclic) bond motifs is 1. The SMILES string of the molecule is NCCC(N)c1cc(-c2cnn(CCN3CCOCC3)c2)nc2ccccc12. The van der Waals surface area contributed by atoms with Gasteiger partial charge in [0, 0.05) is 42.8 Å². The number of benzene rings is 1. The van der Waals surface area contributed by atoms with Crippen molar-refractivity contribution < 1.29 is 4.74 Å². The fraction of sp³-hybridized carbons (Fsp3) is 0.429. The van der Waals surface area contributed by atoms with Crippen LogP contribution in [-0.4, -0.2) is 59.1 Å². The minimum atomic E-state index is -0.104. The van der Waals surface area contributed by atoms with Crippen LogP contribution in [0.4, 0.5) is 0 Å². The number of para-hydroxylation sites is 1. The van der Waals surface area contributed by atoms with E-state index < -0.39 is 0 Å². The molecule has 3 aromatic rings. The number of morpholine rings is 1. The quantitative estimate of drug-likeness (QED) is 0.649. The highest BCUT2D eigenvalue weighted by Crippen LogP contribution is 2.28. The molecular formula is C21H28N6O. The summed E-state index contributed by atoms with van der Waals surface area (Å²) in [4.78, 5) is 7.25. The number of rotatable bonds is 7. The van der Waals surface area contributed by atoms with Crippen LogP contribution >= 0.6 is 0 Å². The molecule has 7 heteroatoms. The highest BCUT2D eigenvalue weighted by Gasteiger charge is 2.15. The number of hydrogen-bond acceptors (Lipinski definition) is 6. The molecule has 0 amide bonds. The molecule has 1 aromatic carbocycles. The molecule has 0 aliphatic carbocycles. The molecule has 0 radical (unpaired) electrons. The van der Waals surface area contributed by atoms with Crippen LogP contribution in [0.2, 0.25) is 0 Å². The van der Waals surface area contributed by atoms with Crippen LogP contribution in [0.5, 0.6) is 0 Å². The van der Waals surface area contributed by atoms with Crippen LogP contribution in [0.3, 0.4) is 0 Å². The first-order chi connectivity index (χ1) is 13.7. The van der Waals surface area contributed by atoms with Gasteiger partial charge in [0.05, 0.1) is 37.2 Å². The monoisotopic (exact) mass is 380 g/mol. The van der Waals surface area contributed by atoms with E-state index in [0.717, 1.165) is 73.5 Å².